The number of carbonyl (C=O) groups excluding carboxylic acids is 1. The molecule has 92 valence electrons. The van der Waals surface area contributed by atoms with Gasteiger partial charge >= 0.3 is 0 Å². The zero-order valence-corrected chi connectivity index (χ0v) is 10.4. The topological polar surface area (TPSA) is 45.2 Å². The summed E-state index contributed by atoms with van der Waals surface area (Å²) in [7, 11) is 3.95. The van der Waals surface area contributed by atoms with Gasteiger partial charge in [0.2, 0.25) is 0 Å². The summed E-state index contributed by atoms with van der Waals surface area (Å²) >= 11 is 0. The fourth-order valence-electron chi connectivity index (χ4n) is 1.54. The van der Waals surface area contributed by atoms with E-state index in [9.17, 15) is 4.79 Å². The normalized spacial score (nSPS) is 9.89. The van der Waals surface area contributed by atoms with Crippen molar-refractivity contribution in [3.05, 3.63) is 54.4 Å². The molecule has 0 saturated carbocycles. The predicted molar refractivity (Wildman–Crippen MR) is 73.0 cm³/mol. The van der Waals surface area contributed by atoms with Crippen molar-refractivity contribution in [3.8, 4) is 0 Å². The van der Waals surface area contributed by atoms with Gasteiger partial charge in [0.05, 0.1) is 5.56 Å². The van der Waals surface area contributed by atoms with Gasteiger partial charge in [0.1, 0.15) is 0 Å². The lowest BCUT2D eigenvalue weighted by Gasteiger charge is -2.13. The number of amides is 1. The minimum atomic E-state index is -0.152. The molecule has 0 saturated heterocycles. The molecular formula is C14H15N3O. The van der Waals surface area contributed by atoms with Crippen LogP contribution in [0.3, 0.4) is 0 Å². The molecule has 1 amide bonds. The molecule has 0 fully saturated rings. The lowest BCUT2D eigenvalue weighted by Crippen LogP contribution is -2.12. The highest BCUT2D eigenvalue weighted by atomic mass is 16.1. The Morgan fingerprint density at radius 2 is 1.89 bits per heavy atom. The Morgan fingerprint density at radius 1 is 1.17 bits per heavy atom. The minimum Gasteiger partial charge on any atom is -0.378 e. The summed E-state index contributed by atoms with van der Waals surface area (Å²) in [5, 5.41) is 2.83. The first kappa shape index (κ1) is 12.1. The highest BCUT2D eigenvalue weighted by Crippen LogP contribution is 2.16. The Balaban J connectivity index is 2.08. The third-order valence-electron chi connectivity index (χ3n) is 2.57. The summed E-state index contributed by atoms with van der Waals surface area (Å²) in [6.07, 6.45) is 3.19. The first-order valence-electron chi connectivity index (χ1n) is 5.65. The Labute approximate surface area is 106 Å². The molecule has 2 aromatic rings. The van der Waals surface area contributed by atoms with Crippen LogP contribution < -0.4 is 10.2 Å². The monoisotopic (exact) mass is 241 g/mol. The van der Waals surface area contributed by atoms with E-state index in [4.69, 9.17) is 0 Å². The Hall–Kier alpha value is -2.36. The van der Waals surface area contributed by atoms with Gasteiger partial charge in [-0.3, -0.25) is 9.78 Å². The van der Waals surface area contributed by atoms with Gasteiger partial charge in [-0.25, -0.2) is 0 Å². The molecule has 4 heteroatoms. The van der Waals surface area contributed by atoms with Gasteiger partial charge in [-0.2, -0.15) is 0 Å². The molecule has 1 heterocycles. The number of nitrogens with one attached hydrogen (secondary N) is 1. The summed E-state index contributed by atoms with van der Waals surface area (Å²) in [4.78, 5) is 17.8. The van der Waals surface area contributed by atoms with Crippen LogP contribution in [0.4, 0.5) is 11.4 Å². The number of hydrogen-bond acceptors (Lipinski definition) is 3. The van der Waals surface area contributed by atoms with Crippen molar-refractivity contribution in [2.45, 2.75) is 0 Å². The first-order chi connectivity index (χ1) is 8.66. The predicted octanol–water partition coefficient (Wildman–Crippen LogP) is 2.40. The van der Waals surface area contributed by atoms with E-state index < -0.39 is 0 Å². The summed E-state index contributed by atoms with van der Waals surface area (Å²) in [6, 6.07) is 11.1. The molecule has 0 unspecified atom stereocenters. The van der Waals surface area contributed by atoms with Crippen LogP contribution in [-0.2, 0) is 0 Å². The molecule has 2 rings (SSSR count). The van der Waals surface area contributed by atoms with Gasteiger partial charge in [0, 0.05) is 37.9 Å². The highest BCUT2D eigenvalue weighted by Gasteiger charge is 2.05. The van der Waals surface area contributed by atoms with E-state index in [1.54, 1.807) is 24.5 Å². The van der Waals surface area contributed by atoms with Crippen molar-refractivity contribution in [3.63, 3.8) is 0 Å². The maximum atomic E-state index is 11.9. The van der Waals surface area contributed by atoms with Crippen molar-refractivity contribution >= 4 is 17.3 Å². The smallest absolute Gasteiger partial charge is 0.257 e. The summed E-state index contributed by atoms with van der Waals surface area (Å²) < 4.78 is 0. The highest BCUT2D eigenvalue weighted by molar-refractivity contribution is 6.04. The molecule has 18 heavy (non-hydrogen) atoms. The molecule has 0 aliphatic heterocycles. The van der Waals surface area contributed by atoms with Gasteiger partial charge in [-0.1, -0.05) is 0 Å². The SMILES string of the molecule is CN(C)c1ccc(NC(=O)c2cccnc2)cc1. The summed E-state index contributed by atoms with van der Waals surface area (Å²) in [5.41, 5.74) is 2.41. The van der Waals surface area contributed by atoms with Gasteiger partial charge < -0.3 is 10.2 Å². The van der Waals surface area contributed by atoms with Crippen molar-refractivity contribution in [2.24, 2.45) is 0 Å². The van der Waals surface area contributed by atoms with E-state index in [1.807, 2.05) is 43.3 Å². The first-order valence-corrected chi connectivity index (χ1v) is 5.65. The molecule has 0 radical (unpaired) electrons. The van der Waals surface area contributed by atoms with Crippen LogP contribution in [0.25, 0.3) is 0 Å². The second-order valence-electron chi connectivity index (χ2n) is 4.14. The lowest BCUT2D eigenvalue weighted by molar-refractivity contribution is 0.102. The molecule has 4 nitrogen and oxygen atoms in total. The van der Waals surface area contributed by atoms with Crippen LogP contribution >= 0.6 is 0 Å². The number of nitrogens with zero attached hydrogens (tertiary/aromatic N) is 2. The van der Waals surface area contributed by atoms with Gasteiger partial charge in [-0.05, 0) is 36.4 Å². The van der Waals surface area contributed by atoms with E-state index in [2.05, 4.69) is 10.3 Å². The Bertz CT molecular complexity index is 520. The maximum absolute atomic E-state index is 11.9. The van der Waals surface area contributed by atoms with Crippen LogP contribution in [0, 0.1) is 0 Å². The number of benzene rings is 1. The van der Waals surface area contributed by atoms with Gasteiger partial charge in [0.15, 0.2) is 0 Å². The third kappa shape index (κ3) is 2.85. The van der Waals surface area contributed by atoms with Crippen LogP contribution in [-0.4, -0.2) is 25.0 Å². The number of aromatic nitrogens is 1. The molecule has 0 spiro atoms. The molecule has 1 aromatic carbocycles. The van der Waals surface area contributed by atoms with E-state index in [0.717, 1.165) is 11.4 Å². The lowest BCUT2D eigenvalue weighted by atomic mass is 10.2. The van der Waals surface area contributed by atoms with Crippen LogP contribution in [0.5, 0.6) is 0 Å². The fraction of sp³-hybridized carbons (Fsp3) is 0.143. The Kier molecular flexibility index (Phi) is 3.57. The Morgan fingerprint density at radius 3 is 2.44 bits per heavy atom. The van der Waals surface area contributed by atoms with Crippen molar-refractivity contribution in [2.75, 3.05) is 24.3 Å². The van der Waals surface area contributed by atoms with Crippen LogP contribution in [0.15, 0.2) is 48.8 Å². The second kappa shape index (κ2) is 5.31. The fourth-order valence-corrected chi connectivity index (χ4v) is 1.54. The minimum absolute atomic E-state index is 0.152. The van der Waals surface area contributed by atoms with E-state index in [1.165, 1.54) is 0 Å². The number of rotatable bonds is 3. The molecule has 1 aromatic heterocycles. The van der Waals surface area contributed by atoms with E-state index in [0.29, 0.717) is 5.56 Å². The summed E-state index contributed by atoms with van der Waals surface area (Å²) in [5.74, 6) is -0.152. The number of carbonyl (C=O) groups is 1. The largest absolute Gasteiger partial charge is 0.378 e. The zero-order chi connectivity index (χ0) is 13.0. The molecule has 0 aliphatic rings. The van der Waals surface area contributed by atoms with Crippen molar-refractivity contribution in [1.82, 2.24) is 4.98 Å². The van der Waals surface area contributed by atoms with Crippen molar-refractivity contribution < 1.29 is 4.79 Å². The molecule has 0 aliphatic carbocycles. The number of hydrogen-bond donors (Lipinski definition) is 1. The summed E-state index contributed by atoms with van der Waals surface area (Å²) in [6.45, 7) is 0. The molecular weight excluding hydrogens is 226 g/mol. The standard InChI is InChI=1S/C14H15N3O/c1-17(2)13-7-5-12(6-8-13)16-14(18)11-4-3-9-15-10-11/h3-10H,1-2H3,(H,16,18). The van der Waals surface area contributed by atoms with Gasteiger partial charge in [0.25, 0.3) is 5.91 Å². The molecule has 0 atom stereocenters. The number of pyridine rings is 1. The quantitative estimate of drug-likeness (QED) is 0.897. The zero-order valence-electron chi connectivity index (χ0n) is 10.4. The third-order valence-corrected chi connectivity index (χ3v) is 2.57. The average molecular weight is 241 g/mol. The van der Waals surface area contributed by atoms with Crippen molar-refractivity contribution in [1.29, 1.82) is 0 Å². The average Bonchev–Trinajstić information content (AvgIpc) is 2.40. The van der Waals surface area contributed by atoms with E-state index >= 15 is 0 Å². The molecule has 1 N–H and O–H groups in total. The van der Waals surface area contributed by atoms with E-state index in [-0.39, 0.29) is 5.91 Å². The second-order valence-corrected chi connectivity index (χ2v) is 4.14. The van der Waals surface area contributed by atoms with Gasteiger partial charge in [-0.15, -0.1) is 0 Å². The number of anilines is 2. The molecule has 0 bridgehead atoms. The van der Waals surface area contributed by atoms with Crippen LogP contribution in [0.1, 0.15) is 10.4 Å². The van der Waals surface area contributed by atoms with Crippen LogP contribution in [0.2, 0.25) is 0 Å². The maximum Gasteiger partial charge on any atom is 0.257 e.